The van der Waals surface area contributed by atoms with Crippen molar-refractivity contribution in [3.05, 3.63) is 34.9 Å². The van der Waals surface area contributed by atoms with Gasteiger partial charge in [0.2, 0.25) is 0 Å². The number of carbonyl (C=O) groups excluding carboxylic acids is 1. The maximum absolute atomic E-state index is 12.0. The Labute approximate surface area is 125 Å². The number of benzene rings is 1. The molecule has 0 aromatic heterocycles. The standard InChI is InChI=1S/C16H23ClO3/c1-11(14(18)20-15(2,3)4)16(5,19)10-12-6-8-13(17)9-7-12/h6-9,11,19H,10H2,1-5H3. The third-order valence-corrected chi connectivity index (χ3v) is 3.42. The summed E-state index contributed by atoms with van der Waals surface area (Å²) in [6.45, 7) is 8.77. The molecule has 2 atom stereocenters. The number of esters is 1. The first kappa shape index (κ1) is 17.0. The van der Waals surface area contributed by atoms with Crippen molar-refractivity contribution >= 4 is 17.6 Å². The summed E-state index contributed by atoms with van der Waals surface area (Å²) in [5.74, 6) is -1.01. The maximum atomic E-state index is 12.0. The number of hydrogen-bond acceptors (Lipinski definition) is 3. The molecule has 0 radical (unpaired) electrons. The van der Waals surface area contributed by atoms with Crippen molar-refractivity contribution in [2.24, 2.45) is 5.92 Å². The Morgan fingerprint density at radius 1 is 1.25 bits per heavy atom. The monoisotopic (exact) mass is 298 g/mol. The second-order valence-electron chi connectivity index (χ2n) is 6.42. The minimum Gasteiger partial charge on any atom is -0.460 e. The molecular formula is C16H23ClO3. The van der Waals surface area contributed by atoms with Gasteiger partial charge in [0.05, 0.1) is 11.5 Å². The van der Waals surface area contributed by atoms with Crippen molar-refractivity contribution in [3.63, 3.8) is 0 Å². The highest BCUT2D eigenvalue weighted by Gasteiger charge is 2.36. The summed E-state index contributed by atoms with van der Waals surface area (Å²) >= 11 is 5.83. The highest BCUT2D eigenvalue weighted by atomic mass is 35.5. The SMILES string of the molecule is CC(C(=O)OC(C)(C)C)C(C)(O)Cc1ccc(Cl)cc1. The van der Waals surface area contributed by atoms with E-state index in [0.717, 1.165) is 5.56 Å². The number of hydrogen-bond donors (Lipinski definition) is 1. The van der Waals surface area contributed by atoms with Gasteiger partial charge in [-0.2, -0.15) is 0 Å². The molecule has 0 saturated heterocycles. The van der Waals surface area contributed by atoms with Gasteiger partial charge >= 0.3 is 5.97 Å². The van der Waals surface area contributed by atoms with Crippen molar-refractivity contribution in [2.45, 2.75) is 52.2 Å². The Bertz CT molecular complexity index is 458. The van der Waals surface area contributed by atoms with Gasteiger partial charge in [-0.25, -0.2) is 0 Å². The van der Waals surface area contributed by atoms with Crippen LogP contribution in [-0.2, 0) is 16.0 Å². The lowest BCUT2D eigenvalue weighted by Gasteiger charge is -2.31. The van der Waals surface area contributed by atoms with Crippen molar-refractivity contribution in [1.29, 1.82) is 0 Å². The van der Waals surface area contributed by atoms with Gasteiger partial charge in [-0.1, -0.05) is 23.7 Å². The normalized spacial score (nSPS) is 16.4. The summed E-state index contributed by atoms with van der Waals surface area (Å²) in [7, 11) is 0. The quantitative estimate of drug-likeness (QED) is 0.864. The van der Waals surface area contributed by atoms with Gasteiger partial charge in [0, 0.05) is 11.4 Å². The highest BCUT2D eigenvalue weighted by molar-refractivity contribution is 6.30. The second-order valence-corrected chi connectivity index (χ2v) is 6.85. The van der Waals surface area contributed by atoms with Gasteiger partial charge in [0.25, 0.3) is 0 Å². The zero-order valence-corrected chi connectivity index (χ0v) is 13.5. The van der Waals surface area contributed by atoms with Crippen LogP contribution in [0.1, 0.15) is 40.2 Å². The largest absolute Gasteiger partial charge is 0.460 e. The Balaban J connectivity index is 2.76. The van der Waals surface area contributed by atoms with E-state index in [-0.39, 0.29) is 0 Å². The Kier molecular flexibility index (Phi) is 5.22. The van der Waals surface area contributed by atoms with Crippen LogP contribution in [0.5, 0.6) is 0 Å². The summed E-state index contributed by atoms with van der Waals surface area (Å²) in [6, 6.07) is 7.23. The van der Waals surface area contributed by atoms with E-state index in [1.807, 2.05) is 32.9 Å². The van der Waals surface area contributed by atoms with Crippen LogP contribution in [0.2, 0.25) is 5.02 Å². The van der Waals surface area contributed by atoms with E-state index in [0.29, 0.717) is 11.4 Å². The second kappa shape index (κ2) is 6.15. The van der Waals surface area contributed by atoms with Gasteiger partial charge in [0.15, 0.2) is 0 Å². The summed E-state index contributed by atoms with van der Waals surface area (Å²) in [6.07, 6.45) is 0.366. The number of ether oxygens (including phenoxy) is 1. The van der Waals surface area contributed by atoms with Crippen LogP contribution in [0.4, 0.5) is 0 Å². The third-order valence-electron chi connectivity index (χ3n) is 3.17. The summed E-state index contributed by atoms with van der Waals surface area (Å²) in [5.41, 5.74) is -0.799. The molecule has 0 aliphatic heterocycles. The van der Waals surface area contributed by atoms with Crippen molar-refractivity contribution in [2.75, 3.05) is 0 Å². The summed E-state index contributed by atoms with van der Waals surface area (Å²) in [5, 5.41) is 11.2. The third kappa shape index (κ3) is 5.14. The molecule has 0 heterocycles. The van der Waals surface area contributed by atoms with Gasteiger partial charge in [-0.15, -0.1) is 0 Å². The molecule has 1 N–H and O–H groups in total. The molecule has 0 fully saturated rings. The predicted molar refractivity (Wildman–Crippen MR) is 80.8 cm³/mol. The van der Waals surface area contributed by atoms with E-state index in [1.54, 1.807) is 26.0 Å². The molecule has 20 heavy (non-hydrogen) atoms. The van der Waals surface area contributed by atoms with E-state index >= 15 is 0 Å². The van der Waals surface area contributed by atoms with Crippen LogP contribution >= 0.6 is 11.6 Å². The van der Waals surface area contributed by atoms with Crippen LogP contribution < -0.4 is 0 Å². The molecule has 0 aliphatic carbocycles. The Morgan fingerprint density at radius 3 is 2.20 bits per heavy atom. The lowest BCUT2D eigenvalue weighted by molar-refractivity contribution is -0.167. The summed E-state index contributed by atoms with van der Waals surface area (Å²) in [4.78, 5) is 12.0. The molecule has 2 unspecified atom stereocenters. The first-order valence-electron chi connectivity index (χ1n) is 6.71. The minimum atomic E-state index is -1.17. The van der Waals surface area contributed by atoms with Gasteiger partial charge in [-0.05, 0) is 52.3 Å². The van der Waals surface area contributed by atoms with Crippen LogP contribution in [0.25, 0.3) is 0 Å². The van der Waals surface area contributed by atoms with E-state index in [9.17, 15) is 9.90 Å². The molecule has 1 aromatic rings. The number of aliphatic hydroxyl groups is 1. The fourth-order valence-electron chi connectivity index (χ4n) is 1.81. The molecular weight excluding hydrogens is 276 g/mol. The van der Waals surface area contributed by atoms with Gasteiger partial charge in [-0.3, -0.25) is 4.79 Å². The van der Waals surface area contributed by atoms with Crippen LogP contribution in [0.3, 0.4) is 0 Å². The topological polar surface area (TPSA) is 46.5 Å². The first-order chi connectivity index (χ1) is 9.01. The molecule has 0 spiro atoms. The predicted octanol–water partition coefficient (Wildman–Crippen LogP) is 3.61. The van der Waals surface area contributed by atoms with Crippen molar-refractivity contribution < 1.29 is 14.6 Å². The lowest BCUT2D eigenvalue weighted by Crippen LogP contribution is -2.42. The average Bonchev–Trinajstić information content (AvgIpc) is 2.28. The van der Waals surface area contributed by atoms with Gasteiger partial charge < -0.3 is 9.84 Å². The number of carbonyl (C=O) groups is 1. The zero-order chi connectivity index (χ0) is 15.6. The smallest absolute Gasteiger partial charge is 0.312 e. The maximum Gasteiger partial charge on any atom is 0.312 e. The molecule has 4 heteroatoms. The average molecular weight is 299 g/mol. The Hall–Kier alpha value is -1.06. The summed E-state index contributed by atoms with van der Waals surface area (Å²) < 4.78 is 5.32. The lowest BCUT2D eigenvalue weighted by atomic mass is 9.85. The molecule has 112 valence electrons. The van der Waals surface area contributed by atoms with E-state index in [4.69, 9.17) is 16.3 Å². The molecule has 0 bridgehead atoms. The van der Waals surface area contributed by atoms with E-state index < -0.39 is 23.1 Å². The minimum absolute atomic E-state index is 0.366. The van der Waals surface area contributed by atoms with E-state index in [1.165, 1.54) is 0 Å². The fourth-order valence-corrected chi connectivity index (χ4v) is 1.94. The van der Waals surface area contributed by atoms with Crippen LogP contribution in [-0.4, -0.2) is 22.3 Å². The van der Waals surface area contributed by atoms with Crippen LogP contribution in [0, 0.1) is 5.92 Å². The van der Waals surface area contributed by atoms with Crippen molar-refractivity contribution in [1.82, 2.24) is 0 Å². The Morgan fingerprint density at radius 2 is 1.75 bits per heavy atom. The van der Waals surface area contributed by atoms with E-state index in [2.05, 4.69) is 0 Å². The molecule has 0 aliphatic rings. The number of halogens is 1. The molecule has 0 saturated carbocycles. The molecule has 1 aromatic carbocycles. The molecule has 1 rings (SSSR count). The zero-order valence-electron chi connectivity index (χ0n) is 12.7. The highest BCUT2D eigenvalue weighted by Crippen LogP contribution is 2.25. The van der Waals surface area contributed by atoms with Gasteiger partial charge in [0.1, 0.15) is 5.60 Å². The van der Waals surface area contributed by atoms with Crippen molar-refractivity contribution in [3.8, 4) is 0 Å². The molecule has 3 nitrogen and oxygen atoms in total. The van der Waals surface area contributed by atoms with Crippen LogP contribution in [0.15, 0.2) is 24.3 Å². The first-order valence-corrected chi connectivity index (χ1v) is 7.09. The fraction of sp³-hybridized carbons (Fsp3) is 0.562. The number of rotatable bonds is 4. The molecule has 0 amide bonds.